The summed E-state index contributed by atoms with van der Waals surface area (Å²) in [4.78, 5) is 23.2. The van der Waals surface area contributed by atoms with E-state index in [1.807, 2.05) is 0 Å². The summed E-state index contributed by atoms with van der Waals surface area (Å²) in [7, 11) is 0. The first-order valence-corrected chi connectivity index (χ1v) is 11.2. The number of hydrogen-bond acceptors (Lipinski definition) is 9. The fraction of sp³-hybridized carbons (Fsp3) is 0.458. The fourth-order valence-electron chi connectivity index (χ4n) is 4.00. The van der Waals surface area contributed by atoms with E-state index in [1.54, 1.807) is 36.7 Å². The van der Waals surface area contributed by atoms with E-state index in [0.717, 1.165) is 6.26 Å². The molecule has 1 aromatic rings. The Morgan fingerprint density at radius 2 is 1.92 bits per heavy atom. The number of aliphatic hydroxyl groups excluding tert-OH is 4. The van der Waals surface area contributed by atoms with Crippen molar-refractivity contribution in [3.8, 4) is 0 Å². The number of aliphatic hydroxyl groups is 4. The highest BCUT2D eigenvalue weighted by atomic mass is 16.8. The second-order valence-electron chi connectivity index (χ2n) is 8.51. The second kappa shape index (κ2) is 11.7. The first-order chi connectivity index (χ1) is 17.1. The van der Waals surface area contributed by atoms with E-state index < -0.39 is 73.4 Å². The molecule has 12 heteroatoms. The number of carbonyl (C=O) groups is 2. The minimum atomic E-state index is -1.67. The lowest BCUT2D eigenvalue weighted by molar-refractivity contribution is -0.707. The average molecular weight is 509 g/mol. The van der Waals surface area contributed by atoms with Gasteiger partial charge in [-0.05, 0) is 6.07 Å². The maximum atomic E-state index is 11.9. The molecule has 0 aromatic carbocycles. The van der Waals surface area contributed by atoms with E-state index in [2.05, 4.69) is 6.58 Å². The highest BCUT2D eigenvalue weighted by molar-refractivity contribution is 5.88. The number of hydrogen-bond donors (Lipinski definition) is 6. The zero-order valence-electron chi connectivity index (χ0n) is 19.4. The first kappa shape index (κ1) is 27.5. The second-order valence-corrected chi connectivity index (χ2v) is 8.51. The Balaban J connectivity index is 1.86. The van der Waals surface area contributed by atoms with Crippen LogP contribution in [0.15, 0.2) is 55.1 Å². The quantitative estimate of drug-likeness (QED) is 0.181. The molecule has 6 N–H and O–H groups in total. The van der Waals surface area contributed by atoms with Crippen molar-refractivity contribution in [1.29, 1.82) is 0 Å². The van der Waals surface area contributed by atoms with Gasteiger partial charge < -0.3 is 44.8 Å². The van der Waals surface area contributed by atoms with Gasteiger partial charge in [0.1, 0.15) is 24.4 Å². The van der Waals surface area contributed by atoms with Gasteiger partial charge in [-0.15, -0.1) is 6.58 Å². The van der Waals surface area contributed by atoms with Crippen molar-refractivity contribution in [3.63, 3.8) is 0 Å². The van der Waals surface area contributed by atoms with E-state index in [4.69, 9.17) is 14.2 Å². The van der Waals surface area contributed by atoms with Crippen LogP contribution >= 0.6 is 0 Å². The van der Waals surface area contributed by atoms with E-state index >= 15 is 0 Å². The Morgan fingerprint density at radius 1 is 1.19 bits per heavy atom. The third-order valence-corrected chi connectivity index (χ3v) is 6.20. The topological polar surface area (TPSA) is 187 Å². The maximum Gasteiger partial charge on any atom is 0.373 e. The van der Waals surface area contributed by atoms with Gasteiger partial charge in [-0.2, -0.15) is 4.57 Å². The Kier molecular flexibility index (Phi) is 8.95. The first-order valence-electron chi connectivity index (χ1n) is 11.2. The largest absolute Gasteiger partial charge is 0.478 e. The van der Waals surface area contributed by atoms with Gasteiger partial charge in [-0.3, -0.25) is 0 Å². The number of ether oxygens (including phenoxy) is 3. The summed E-state index contributed by atoms with van der Waals surface area (Å²) >= 11 is 0. The normalized spacial score (nSPS) is 33.4. The smallest absolute Gasteiger partial charge is 0.373 e. The molecule has 0 aliphatic carbocycles. The number of aromatic nitrogens is 1. The molecule has 2 aliphatic heterocycles. The number of allylic oxidation sites excluding steroid dienone is 1. The number of carboxylic acid groups (broad SMARTS) is 2. The molecule has 0 spiro atoms. The number of aliphatic carboxylic acids is 2. The summed E-state index contributed by atoms with van der Waals surface area (Å²) in [6.45, 7) is 4.62. The third kappa shape index (κ3) is 5.81. The molecule has 0 bridgehead atoms. The van der Waals surface area contributed by atoms with Gasteiger partial charge in [0.2, 0.25) is 6.29 Å². The van der Waals surface area contributed by atoms with Crippen LogP contribution in [0, 0.1) is 11.8 Å². The zero-order valence-corrected chi connectivity index (χ0v) is 19.4. The minimum Gasteiger partial charge on any atom is -0.478 e. The van der Waals surface area contributed by atoms with Crippen LogP contribution < -0.4 is 4.57 Å². The summed E-state index contributed by atoms with van der Waals surface area (Å²) in [6.07, 6.45) is 0.0313. The van der Waals surface area contributed by atoms with Gasteiger partial charge >= 0.3 is 11.9 Å². The summed E-state index contributed by atoms with van der Waals surface area (Å²) in [5, 5.41) is 58.6. The van der Waals surface area contributed by atoms with Crippen molar-refractivity contribution in [1.82, 2.24) is 0 Å². The van der Waals surface area contributed by atoms with Crippen LogP contribution in [0.3, 0.4) is 0 Å². The van der Waals surface area contributed by atoms with Gasteiger partial charge in [0.25, 0.3) is 6.04 Å². The minimum absolute atomic E-state index is 0.104. The van der Waals surface area contributed by atoms with Crippen molar-refractivity contribution in [2.75, 3.05) is 6.61 Å². The Hall–Kier alpha value is -3.13. The van der Waals surface area contributed by atoms with E-state index in [-0.39, 0.29) is 5.57 Å². The number of carboxylic acids is 2. The number of rotatable bonds is 9. The molecule has 1 fully saturated rings. The lowest BCUT2D eigenvalue weighted by Gasteiger charge is -2.42. The lowest BCUT2D eigenvalue weighted by atomic mass is 9.83. The highest BCUT2D eigenvalue weighted by Crippen LogP contribution is 2.36. The van der Waals surface area contributed by atoms with Crippen LogP contribution in [-0.2, 0) is 23.8 Å². The summed E-state index contributed by atoms with van der Waals surface area (Å²) < 4.78 is 18.0. The molecular formula is C24H30NO11+. The van der Waals surface area contributed by atoms with Crippen LogP contribution in [-0.4, -0.2) is 86.2 Å². The van der Waals surface area contributed by atoms with Gasteiger partial charge in [-0.25, -0.2) is 9.59 Å². The van der Waals surface area contributed by atoms with Crippen molar-refractivity contribution in [3.05, 3.63) is 60.7 Å². The standard InChI is InChI=1S/C24H29NO11/c1-3-14-15(7-6-13-5-4-8-25(9-13)12(2)21(30)31)16(22(32)33)11-34-23(14)36-24-20(29)19(28)18(27)17(10-26)35-24/h3-9,11-12,14-15,17-20,23-24,26-29H,1,10H2,2H3,(H-,30,31,32,33)/p+1/b7-6+/t12-,14+,15-,17+,18+,19-,20+,23-,24-/m0/s1. The summed E-state index contributed by atoms with van der Waals surface area (Å²) in [5.41, 5.74) is 0.503. The Morgan fingerprint density at radius 3 is 2.53 bits per heavy atom. The molecule has 12 nitrogen and oxygen atoms in total. The van der Waals surface area contributed by atoms with Gasteiger partial charge in [-0.1, -0.05) is 18.2 Å². The molecule has 36 heavy (non-hydrogen) atoms. The third-order valence-electron chi connectivity index (χ3n) is 6.20. The van der Waals surface area contributed by atoms with Crippen LogP contribution in [0.1, 0.15) is 18.5 Å². The maximum absolute atomic E-state index is 11.9. The Labute approximate surface area is 206 Å². The molecule has 1 saturated heterocycles. The van der Waals surface area contributed by atoms with Crippen LogP contribution in [0.5, 0.6) is 0 Å². The molecule has 196 valence electrons. The monoisotopic (exact) mass is 508 g/mol. The predicted octanol–water partition coefficient (Wildman–Crippen LogP) is -0.807. The zero-order chi connectivity index (χ0) is 26.6. The van der Waals surface area contributed by atoms with Crippen LogP contribution in [0.2, 0.25) is 0 Å². The van der Waals surface area contributed by atoms with E-state index in [0.29, 0.717) is 5.56 Å². The number of pyridine rings is 1. The van der Waals surface area contributed by atoms with Crippen molar-refractivity contribution in [2.24, 2.45) is 11.8 Å². The fourth-order valence-corrected chi connectivity index (χ4v) is 4.00. The molecule has 1 aromatic heterocycles. The molecule has 3 heterocycles. The molecule has 0 saturated carbocycles. The number of nitrogens with zero attached hydrogens (tertiary/aromatic N) is 1. The molecule has 0 amide bonds. The van der Waals surface area contributed by atoms with Gasteiger partial charge in [0.15, 0.2) is 18.7 Å². The lowest BCUT2D eigenvalue weighted by Crippen LogP contribution is -2.60. The molecule has 0 radical (unpaired) electrons. The van der Waals surface area contributed by atoms with Crippen LogP contribution in [0.25, 0.3) is 6.08 Å². The van der Waals surface area contributed by atoms with Gasteiger partial charge in [0, 0.05) is 24.5 Å². The highest BCUT2D eigenvalue weighted by Gasteiger charge is 2.47. The molecule has 9 atom stereocenters. The summed E-state index contributed by atoms with van der Waals surface area (Å²) in [6, 6.07) is 2.57. The van der Waals surface area contributed by atoms with Crippen molar-refractivity contribution < 1.29 is 59.0 Å². The molecule has 2 aliphatic rings. The molecular weight excluding hydrogens is 478 g/mol. The van der Waals surface area contributed by atoms with Gasteiger partial charge in [0.05, 0.1) is 24.4 Å². The molecule has 0 unspecified atom stereocenters. The van der Waals surface area contributed by atoms with Crippen molar-refractivity contribution >= 4 is 18.0 Å². The van der Waals surface area contributed by atoms with Crippen molar-refractivity contribution in [2.45, 2.75) is 50.0 Å². The average Bonchev–Trinajstić information content (AvgIpc) is 2.86. The predicted molar refractivity (Wildman–Crippen MR) is 121 cm³/mol. The van der Waals surface area contributed by atoms with E-state index in [9.17, 15) is 40.2 Å². The SMILES string of the molecule is C=C[C@H]1[C@H](O[C@@H]2O[C@H](CO)[C@@H](O)[C@H](O)[C@H]2O)OC=C(C(=O)O)[C@H]1/C=C/c1ccc[n+]([C@@H](C)C(=O)O)c1. The summed E-state index contributed by atoms with van der Waals surface area (Å²) in [5.74, 6) is -3.86. The van der Waals surface area contributed by atoms with E-state index in [1.165, 1.54) is 17.6 Å². The molecule has 3 rings (SSSR count). The Bertz CT molecular complexity index is 1020. The van der Waals surface area contributed by atoms with Crippen LogP contribution in [0.4, 0.5) is 0 Å².